The van der Waals surface area contributed by atoms with Crippen molar-refractivity contribution in [2.24, 2.45) is 11.8 Å². The monoisotopic (exact) mass is 166 g/mol. The number of aliphatic hydroxyl groups excluding tert-OH is 1. The van der Waals surface area contributed by atoms with Crippen molar-refractivity contribution in [3.63, 3.8) is 0 Å². The van der Waals surface area contributed by atoms with Crippen molar-refractivity contribution >= 4 is 5.78 Å². The lowest BCUT2D eigenvalue weighted by Gasteiger charge is -2.35. The van der Waals surface area contributed by atoms with Crippen LogP contribution in [0, 0.1) is 11.8 Å². The summed E-state index contributed by atoms with van der Waals surface area (Å²) in [5.74, 6) is 0.699. The zero-order valence-electron chi connectivity index (χ0n) is 7.07. The number of ketones is 1. The van der Waals surface area contributed by atoms with Gasteiger partial charge in [0, 0.05) is 12.3 Å². The van der Waals surface area contributed by atoms with Crippen molar-refractivity contribution in [2.75, 3.05) is 0 Å². The van der Waals surface area contributed by atoms with E-state index >= 15 is 0 Å². The average Bonchev–Trinajstić information content (AvgIpc) is 2.12. The molecule has 0 aromatic heterocycles. The molecule has 0 heterocycles. The van der Waals surface area contributed by atoms with E-state index in [1.54, 1.807) is 0 Å². The highest BCUT2D eigenvalue weighted by molar-refractivity contribution is 5.82. The Morgan fingerprint density at radius 2 is 2.08 bits per heavy atom. The minimum atomic E-state index is -0.238. The zero-order valence-corrected chi connectivity index (χ0v) is 7.07. The Hall–Kier alpha value is -0.630. The molecule has 2 nitrogen and oxygen atoms in total. The molecule has 0 unspecified atom stereocenters. The summed E-state index contributed by atoms with van der Waals surface area (Å²) >= 11 is 0. The van der Waals surface area contributed by atoms with E-state index in [2.05, 4.69) is 12.2 Å². The van der Waals surface area contributed by atoms with E-state index < -0.39 is 0 Å². The second-order valence-electron chi connectivity index (χ2n) is 3.79. The standard InChI is InChI=1S/C10H14O2/c11-9-5-6-10(12)8-4-2-1-3-7(8)9/h1-2,7-9,11H,3-6H2/t7-,8-,9-/m1/s1. The Morgan fingerprint density at radius 3 is 2.83 bits per heavy atom. The molecule has 0 aliphatic heterocycles. The van der Waals surface area contributed by atoms with Gasteiger partial charge in [-0.1, -0.05) is 12.2 Å². The number of hydrogen-bond donors (Lipinski definition) is 1. The summed E-state index contributed by atoms with van der Waals surface area (Å²) in [5, 5.41) is 9.64. The molecule has 1 fully saturated rings. The molecule has 12 heavy (non-hydrogen) atoms. The highest BCUT2D eigenvalue weighted by Crippen LogP contribution is 2.35. The highest BCUT2D eigenvalue weighted by atomic mass is 16.3. The van der Waals surface area contributed by atoms with Crippen LogP contribution in [0.5, 0.6) is 0 Å². The van der Waals surface area contributed by atoms with Crippen LogP contribution in [0.1, 0.15) is 25.7 Å². The van der Waals surface area contributed by atoms with Gasteiger partial charge in [0.15, 0.2) is 0 Å². The predicted molar refractivity (Wildman–Crippen MR) is 45.6 cm³/mol. The normalized spacial score (nSPS) is 41.1. The van der Waals surface area contributed by atoms with E-state index in [9.17, 15) is 9.90 Å². The largest absolute Gasteiger partial charge is 0.393 e. The molecule has 3 atom stereocenters. The van der Waals surface area contributed by atoms with Crippen molar-refractivity contribution in [2.45, 2.75) is 31.8 Å². The van der Waals surface area contributed by atoms with Crippen molar-refractivity contribution in [3.8, 4) is 0 Å². The third kappa shape index (κ3) is 1.20. The molecule has 0 aromatic carbocycles. The fraction of sp³-hybridized carbons (Fsp3) is 0.700. The summed E-state index contributed by atoms with van der Waals surface area (Å²) in [6, 6.07) is 0. The Balaban J connectivity index is 2.17. The lowest BCUT2D eigenvalue weighted by molar-refractivity contribution is -0.131. The van der Waals surface area contributed by atoms with Gasteiger partial charge in [0.25, 0.3) is 0 Å². The first kappa shape index (κ1) is 7.99. The maximum Gasteiger partial charge on any atom is 0.136 e. The quantitative estimate of drug-likeness (QED) is 0.551. The number of carbonyl (C=O) groups excluding carboxylic acids is 1. The minimum absolute atomic E-state index is 0.124. The van der Waals surface area contributed by atoms with Gasteiger partial charge in [-0.25, -0.2) is 0 Å². The van der Waals surface area contributed by atoms with E-state index in [1.165, 1.54) is 0 Å². The molecule has 0 bridgehead atoms. The molecule has 0 saturated heterocycles. The first-order chi connectivity index (χ1) is 5.79. The summed E-state index contributed by atoms with van der Waals surface area (Å²) in [7, 11) is 0. The van der Waals surface area contributed by atoms with E-state index in [0.717, 1.165) is 12.8 Å². The van der Waals surface area contributed by atoms with Crippen LogP contribution in [0.4, 0.5) is 0 Å². The molecule has 66 valence electrons. The van der Waals surface area contributed by atoms with E-state index in [0.29, 0.717) is 18.6 Å². The molecule has 0 aromatic rings. The summed E-state index contributed by atoms with van der Waals surface area (Å²) in [6.45, 7) is 0. The minimum Gasteiger partial charge on any atom is -0.393 e. The molecular weight excluding hydrogens is 152 g/mol. The van der Waals surface area contributed by atoms with Gasteiger partial charge in [-0.2, -0.15) is 0 Å². The lowest BCUT2D eigenvalue weighted by atomic mass is 9.71. The second-order valence-corrected chi connectivity index (χ2v) is 3.79. The van der Waals surface area contributed by atoms with Crippen molar-refractivity contribution in [1.82, 2.24) is 0 Å². The Morgan fingerprint density at radius 1 is 1.33 bits per heavy atom. The number of carbonyl (C=O) groups is 1. The fourth-order valence-electron chi connectivity index (χ4n) is 2.32. The van der Waals surface area contributed by atoms with E-state index in [-0.39, 0.29) is 17.9 Å². The molecule has 2 aliphatic carbocycles. The van der Waals surface area contributed by atoms with Crippen LogP contribution in [-0.4, -0.2) is 17.0 Å². The van der Waals surface area contributed by atoms with Gasteiger partial charge in [-0.3, -0.25) is 4.79 Å². The van der Waals surface area contributed by atoms with Crippen LogP contribution in [0.2, 0.25) is 0 Å². The smallest absolute Gasteiger partial charge is 0.136 e. The number of Topliss-reactive ketones (excluding diaryl/α,β-unsaturated/α-hetero) is 1. The van der Waals surface area contributed by atoms with Gasteiger partial charge in [0.2, 0.25) is 0 Å². The molecule has 2 aliphatic rings. The van der Waals surface area contributed by atoms with Crippen LogP contribution < -0.4 is 0 Å². The van der Waals surface area contributed by atoms with Crippen LogP contribution in [0.25, 0.3) is 0 Å². The van der Waals surface area contributed by atoms with Crippen molar-refractivity contribution in [3.05, 3.63) is 12.2 Å². The third-order valence-electron chi connectivity index (χ3n) is 3.08. The Kier molecular flexibility index (Phi) is 2.01. The molecule has 1 saturated carbocycles. The second kappa shape index (κ2) is 3.02. The van der Waals surface area contributed by atoms with Crippen LogP contribution >= 0.6 is 0 Å². The highest BCUT2D eigenvalue weighted by Gasteiger charge is 2.37. The van der Waals surface area contributed by atoms with Crippen molar-refractivity contribution < 1.29 is 9.90 Å². The third-order valence-corrected chi connectivity index (χ3v) is 3.08. The topological polar surface area (TPSA) is 37.3 Å². The zero-order chi connectivity index (χ0) is 8.55. The molecular formula is C10H14O2. The van der Waals surface area contributed by atoms with Gasteiger partial charge >= 0.3 is 0 Å². The fourth-order valence-corrected chi connectivity index (χ4v) is 2.32. The molecule has 0 amide bonds. The summed E-state index contributed by atoms with van der Waals surface area (Å²) < 4.78 is 0. The predicted octanol–water partition coefficient (Wildman–Crippen LogP) is 1.29. The molecule has 2 rings (SSSR count). The first-order valence-corrected chi connectivity index (χ1v) is 4.65. The molecule has 2 heteroatoms. The van der Waals surface area contributed by atoms with E-state index in [1.807, 2.05) is 0 Å². The van der Waals surface area contributed by atoms with Crippen LogP contribution in [0.15, 0.2) is 12.2 Å². The van der Waals surface area contributed by atoms with Crippen LogP contribution in [0.3, 0.4) is 0 Å². The van der Waals surface area contributed by atoms with Gasteiger partial charge in [0.05, 0.1) is 6.10 Å². The summed E-state index contributed by atoms with van der Waals surface area (Å²) in [4.78, 5) is 11.4. The Bertz CT molecular complexity index is 220. The molecule has 0 spiro atoms. The van der Waals surface area contributed by atoms with Crippen molar-refractivity contribution in [1.29, 1.82) is 0 Å². The number of fused-ring (bicyclic) bond motifs is 1. The number of allylic oxidation sites excluding steroid dienone is 2. The van der Waals surface area contributed by atoms with E-state index in [4.69, 9.17) is 0 Å². The first-order valence-electron chi connectivity index (χ1n) is 4.65. The van der Waals surface area contributed by atoms with Gasteiger partial charge in [-0.15, -0.1) is 0 Å². The van der Waals surface area contributed by atoms with Crippen LogP contribution in [-0.2, 0) is 4.79 Å². The number of hydrogen-bond acceptors (Lipinski definition) is 2. The van der Waals surface area contributed by atoms with Gasteiger partial charge < -0.3 is 5.11 Å². The molecule has 1 N–H and O–H groups in total. The lowest BCUT2D eigenvalue weighted by Crippen LogP contribution is -2.38. The van der Waals surface area contributed by atoms with Gasteiger partial charge in [0.1, 0.15) is 5.78 Å². The number of rotatable bonds is 0. The Labute approximate surface area is 72.3 Å². The summed E-state index contributed by atoms with van der Waals surface area (Å²) in [5.41, 5.74) is 0. The maximum atomic E-state index is 11.4. The van der Waals surface area contributed by atoms with Gasteiger partial charge in [-0.05, 0) is 25.2 Å². The summed E-state index contributed by atoms with van der Waals surface area (Å²) in [6.07, 6.45) is 6.90. The molecule has 0 radical (unpaired) electrons. The number of aliphatic hydroxyl groups is 1. The average molecular weight is 166 g/mol. The SMILES string of the molecule is O=C1CC[C@@H](O)[C@@H]2CC=CC[C@@H]12. The maximum absolute atomic E-state index is 11.4.